The smallest absolute Gasteiger partial charge is 0.0546 e. The first-order chi connectivity index (χ1) is 15.0. The molecule has 0 bridgehead atoms. The molecule has 6 rings (SSSR count). The number of rotatable bonds is 2. The maximum atomic E-state index is 2.93. The van der Waals surface area contributed by atoms with Crippen LogP contribution in [-0.2, 0) is 0 Å². The first kappa shape index (κ1) is 21.7. The van der Waals surface area contributed by atoms with Crippen LogP contribution in [0.2, 0.25) is 24.2 Å². The molecule has 12 atom stereocenters. The molecule has 0 amide bonds. The van der Waals surface area contributed by atoms with Gasteiger partial charge in [0.05, 0.1) is 8.07 Å². The molecule has 6 fully saturated rings. The highest BCUT2D eigenvalue weighted by molar-refractivity contribution is 6.80. The Bertz CT molecular complexity index is 599. The second-order valence-corrected chi connectivity index (χ2v) is 19.5. The Labute approximate surface area is 195 Å². The summed E-state index contributed by atoms with van der Waals surface area (Å²) in [5.74, 6) is 11.1. The monoisotopic (exact) mass is 440 g/mol. The van der Waals surface area contributed by atoms with Crippen LogP contribution in [0.3, 0.4) is 0 Å². The predicted octanol–water partition coefficient (Wildman–Crippen LogP) is 9.18. The molecule has 6 aliphatic carbocycles. The fourth-order valence-corrected chi connectivity index (χ4v) is 19.3. The topological polar surface area (TPSA) is 0 Å². The van der Waals surface area contributed by atoms with Gasteiger partial charge in [-0.25, -0.2) is 0 Å². The van der Waals surface area contributed by atoms with Gasteiger partial charge in [0.1, 0.15) is 0 Å². The maximum absolute atomic E-state index is 2.93. The molecule has 0 aromatic carbocycles. The fourth-order valence-electron chi connectivity index (χ4n) is 12.6. The van der Waals surface area contributed by atoms with E-state index >= 15 is 0 Å². The summed E-state index contributed by atoms with van der Waals surface area (Å²) >= 11 is 0. The third-order valence-corrected chi connectivity index (χ3v) is 18.5. The Morgan fingerprint density at radius 3 is 1.32 bits per heavy atom. The lowest BCUT2D eigenvalue weighted by molar-refractivity contribution is 0.0688. The van der Waals surface area contributed by atoms with Crippen molar-refractivity contribution < 1.29 is 0 Å². The van der Waals surface area contributed by atoms with Crippen molar-refractivity contribution in [3.05, 3.63) is 0 Å². The minimum absolute atomic E-state index is 1.04. The number of hydrogen-bond acceptors (Lipinski definition) is 0. The number of hydrogen-bond donors (Lipinski definition) is 0. The molecule has 12 unspecified atom stereocenters. The van der Waals surface area contributed by atoms with Gasteiger partial charge in [0, 0.05) is 0 Å². The molecule has 0 spiro atoms. The highest BCUT2D eigenvalue weighted by Gasteiger charge is 2.60. The summed E-state index contributed by atoms with van der Waals surface area (Å²) in [6, 6.07) is 0. The molecule has 0 radical (unpaired) electrons. The van der Waals surface area contributed by atoms with Crippen molar-refractivity contribution in [1.29, 1.82) is 0 Å². The van der Waals surface area contributed by atoms with Crippen LogP contribution in [-0.4, -0.2) is 8.07 Å². The van der Waals surface area contributed by atoms with Gasteiger partial charge in [-0.1, -0.05) is 65.5 Å². The molecule has 0 heterocycles. The summed E-state index contributed by atoms with van der Waals surface area (Å²) in [7, 11) is -1.29. The summed E-state index contributed by atoms with van der Waals surface area (Å²) in [6.45, 7) is 11.3. The lowest BCUT2D eigenvalue weighted by atomic mass is 9.62. The van der Waals surface area contributed by atoms with Crippen molar-refractivity contribution in [2.75, 3.05) is 0 Å². The van der Waals surface area contributed by atoms with Crippen LogP contribution >= 0.6 is 0 Å². The van der Waals surface area contributed by atoms with Crippen LogP contribution in [0, 0.1) is 59.2 Å². The summed E-state index contributed by atoms with van der Waals surface area (Å²) in [4.78, 5) is 0. The maximum Gasteiger partial charge on any atom is 0.0546 e. The fraction of sp³-hybridized carbons (Fsp3) is 1.00. The molecule has 0 aliphatic heterocycles. The molecule has 0 saturated heterocycles. The second-order valence-electron chi connectivity index (χ2n) is 14.5. The SMILES string of the molecule is CC1CC2C3CCCCC3CCC2C1[Si](C)(C)C1C(C)CC2C3CCCCC3CCC21. The van der Waals surface area contributed by atoms with E-state index in [2.05, 4.69) is 26.9 Å². The lowest BCUT2D eigenvalue weighted by Crippen LogP contribution is -2.48. The van der Waals surface area contributed by atoms with E-state index in [1.54, 1.807) is 89.9 Å². The third kappa shape index (κ3) is 3.39. The number of fused-ring (bicyclic) bond motifs is 6. The Balaban J connectivity index is 1.26. The molecule has 0 nitrogen and oxygen atoms in total. The normalized spacial score (nSPS) is 54.6. The molecule has 31 heavy (non-hydrogen) atoms. The van der Waals surface area contributed by atoms with Crippen LogP contribution in [0.5, 0.6) is 0 Å². The Morgan fingerprint density at radius 2 is 0.871 bits per heavy atom. The molecule has 0 aromatic heterocycles. The summed E-state index contributed by atoms with van der Waals surface area (Å²) in [6.07, 6.45) is 22.2. The van der Waals surface area contributed by atoms with Gasteiger partial charge in [0.2, 0.25) is 0 Å². The van der Waals surface area contributed by atoms with E-state index in [1.807, 2.05) is 0 Å². The zero-order valence-electron chi connectivity index (χ0n) is 21.3. The van der Waals surface area contributed by atoms with Gasteiger partial charge in [0.15, 0.2) is 0 Å². The first-order valence-electron chi connectivity index (χ1n) is 15.0. The van der Waals surface area contributed by atoms with Crippen LogP contribution in [0.25, 0.3) is 0 Å². The van der Waals surface area contributed by atoms with E-state index in [0.717, 1.165) is 70.3 Å². The van der Waals surface area contributed by atoms with E-state index in [-0.39, 0.29) is 0 Å². The third-order valence-electron chi connectivity index (χ3n) is 13.0. The minimum Gasteiger partial charge on any atom is -0.0689 e. The van der Waals surface area contributed by atoms with E-state index in [0.29, 0.717) is 0 Å². The molecule has 176 valence electrons. The van der Waals surface area contributed by atoms with Gasteiger partial charge >= 0.3 is 0 Å². The van der Waals surface area contributed by atoms with Crippen molar-refractivity contribution in [2.24, 2.45) is 59.2 Å². The summed E-state index contributed by atoms with van der Waals surface area (Å²) in [5, 5.41) is 0. The van der Waals surface area contributed by atoms with Crippen LogP contribution in [0.1, 0.15) is 104 Å². The van der Waals surface area contributed by atoms with Gasteiger partial charge in [-0.05, 0) is 122 Å². The van der Waals surface area contributed by atoms with E-state index in [4.69, 9.17) is 0 Å². The Kier molecular flexibility index (Phi) is 5.72. The van der Waals surface area contributed by atoms with Crippen molar-refractivity contribution >= 4 is 8.07 Å². The van der Waals surface area contributed by atoms with Gasteiger partial charge in [0.25, 0.3) is 0 Å². The lowest BCUT2D eigenvalue weighted by Gasteiger charge is -2.51. The van der Waals surface area contributed by atoms with Gasteiger partial charge in [-0.3, -0.25) is 0 Å². The van der Waals surface area contributed by atoms with E-state index in [1.165, 1.54) is 0 Å². The average Bonchev–Trinajstić information content (AvgIpc) is 3.30. The zero-order valence-corrected chi connectivity index (χ0v) is 22.3. The Morgan fingerprint density at radius 1 is 0.452 bits per heavy atom. The average molecular weight is 441 g/mol. The van der Waals surface area contributed by atoms with Gasteiger partial charge in [-0.2, -0.15) is 0 Å². The molecule has 6 aliphatic rings. The highest BCUT2D eigenvalue weighted by atomic mass is 28.3. The van der Waals surface area contributed by atoms with Crippen molar-refractivity contribution in [3.8, 4) is 0 Å². The van der Waals surface area contributed by atoms with Crippen LogP contribution in [0.4, 0.5) is 0 Å². The van der Waals surface area contributed by atoms with Gasteiger partial charge in [-0.15, -0.1) is 0 Å². The predicted molar refractivity (Wildman–Crippen MR) is 136 cm³/mol. The molecular formula is C30H52Si. The molecule has 1 heteroatoms. The zero-order chi connectivity index (χ0) is 21.3. The van der Waals surface area contributed by atoms with E-state index in [9.17, 15) is 0 Å². The van der Waals surface area contributed by atoms with E-state index < -0.39 is 8.07 Å². The molecule has 6 saturated carbocycles. The van der Waals surface area contributed by atoms with Crippen molar-refractivity contribution in [1.82, 2.24) is 0 Å². The van der Waals surface area contributed by atoms with Crippen LogP contribution in [0.15, 0.2) is 0 Å². The largest absolute Gasteiger partial charge is 0.0689 e. The molecular weight excluding hydrogens is 388 g/mol. The summed E-state index contributed by atoms with van der Waals surface area (Å²) < 4.78 is 0. The van der Waals surface area contributed by atoms with Gasteiger partial charge < -0.3 is 0 Å². The highest BCUT2D eigenvalue weighted by Crippen LogP contribution is 2.67. The van der Waals surface area contributed by atoms with Crippen LogP contribution < -0.4 is 0 Å². The second kappa shape index (κ2) is 8.16. The minimum atomic E-state index is -1.29. The molecule has 0 aromatic rings. The first-order valence-corrected chi connectivity index (χ1v) is 18.1. The van der Waals surface area contributed by atoms with Crippen molar-refractivity contribution in [3.63, 3.8) is 0 Å². The van der Waals surface area contributed by atoms with Crippen molar-refractivity contribution in [2.45, 2.75) is 128 Å². The standard InChI is InChI=1S/C30H52Si/c1-19-17-27-23-11-7-5-9-21(23)13-15-25(27)29(19)31(3,4)30-20(2)18-28-24-12-8-6-10-22(24)14-16-26(28)30/h19-30H,5-18H2,1-4H3. The molecule has 0 N–H and O–H groups in total. The quantitative estimate of drug-likeness (QED) is 0.375. The Hall–Kier alpha value is 0.217. The summed E-state index contributed by atoms with van der Waals surface area (Å²) in [5.41, 5.74) is 2.30.